The van der Waals surface area contributed by atoms with Crippen molar-refractivity contribution in [3.05, 3.63) is 270 Å². The molecule has 0 bridgehead atoms. The van der Waals surface area contributed by atoms with Crippen LogP contribution in [0.5, 0.6) is 34.5 Å². The topological polar surface area (TPSA) is 257 Å². The number of rotatable bonds is 50. The molecule has 0 aliphatic heterocycles. The molecule has 0 saturated heterocycles. The van der Waals surface area contributed by atoms with Gasteiger partial charge in [0.05, 0.1) is 54.7 Å². The minimum absolute atomic E-state index is 0.191. The number of carbonyl (C=O) groups excluding carboxylic acids is 6. The molecule has 0 fully saturated rings. The van der Waals surface area contributed by atoms with Gasteiger partial charge in [0, 0.05) is 37.5 Å². The lowest BCUT2D eigenvalue weighted by molar-refractivity contribution is -0.167. The van der Waals surface area contributed by atoms with Gasteiger partial charge in [-0.2, -0.15) is 15.8 Å². The van der Waals surface area contributed by atoms with Crippen LogP contribution in [-0.4, -0.2) is 75.0 Å². The summed E-state index contributed by atoms with van der Waals surface area (Å²) in [6.45, 7) is 1.31. The van der Waals surface area contributed by atoms with E-state index in [0.717, 1.165) is 183 Å². The van der Waals surface area contributed by atoms with Crippen LogP contribution in [0.3, 0.4) is 0 Å². The van der Waals surface area contributed by atoms with Crippen molar-refractivity contribution >= 4 is 54.0 Å². The van der Waals surface area contributed by atoms with Crippen LogP contribution in [0.4, 0.5) is 0 Å². The van der Waals surface area contributed by atoms with E-state index in [1.807, 2.05) is 146 Å². The summed E-state index contributed by atoms with van der Waals surface area (Å²) in [5.74, 6) is 0.801. The monoisotopic (exact) mass is 1570 g/mol. The van der Waals surface area contributed by atoms with Gasteiger partial charge in [-0.1, -0.05) is 206 Å². The lowest BCUT2D eigenvalue weighted by atomic mass is 10.0. The van der Waals surface area contributed by atoms with Crippen molar-refractivity contribution in [1.82, 2.24) is 0 Å². The fourth-order valence-electron chi connectivity index (χ4n) is 12.5. The molecule has 0 aliphatic rings. The Balaban J connectivity index is 0.600. The van der Waals surface area contributed by atoms with Crippen LogP contribution in [0, 0.1) is 34.0 Å². The fraction of sp³-hybridized carbons (Fsp3) is 0.303. The maximum Gasteiger partial charge on any atom is 0.336 e. The predicted molar refractivity (Wildman–Crippen MR) is 452 cm³/mol. The van der Waals surface area contributed by atoms with Crippen molar-refractivity contribution in [3.63, 3.8) is 0 Å². The number of esters is 6. The molecular formula is C99H101N3O15. The second-order valence-electron chi connectivity index (χ2n) is 28.3. The van der Waals surface area contributed by atoms with Crippen molar-refractivity contribution in [3.8, 4) is 86.1 Å². The fourth-order valence-corrected chi connectivity index (χ4v) is 12.5. The molecule has 0 radical (unpaired) electrons. The summed E-state index contributed by atoms with van der Waals surface area (Å²) in [5.41, 5.74) is 9.95. The second kappa shape index (κ2) is 50.9. The van der Waals surface area contributed by atoms with Crippen LogP contribution in [0.2, 0.25) is 0 Å². The van der Waals surface area contributed by atoms with Crippen LogP contribution >= 0.6 is 0 Å². The van der Waals surface area contributed by atoms with Gasteiger partial charge in [-0.15, -0.1) is 0 Å². The van der Waals surface area contributed by atoms with E-state index in [1.54, 1.807) is 91.0 Å². The maximum absolute atomic E-state index is 13.2. The van der Waals surface area contributed by atoms with Crippen LogP contribution < -0.4 is 28.4 Å². The molecule has 0 atom stereocenters. The third-order valence-electron chi connectivity index (χ3n) is 19.2. The first-order valence-electron chi connectivity index (χ1n) is 40.5. The van der Waals surface area contributed by atoms with Crippen molar-refractivity contribution in [1.29, 1.82) is 15.8 Å². The van der Waals surface area contributed by atoms with Gasteiger partial charge in [-0.25, -0.2) is 14.4 Å². The van der Waals surface area contributed by atoms with Crippen molar-refractivity contribution in [2.75, 3.05) is 33.0 Å². The van der Waals surface area contributed by atoms with Crippen molar-refractivity contribution in [2.45, 2.75) is 160 Å². The Morgan fingerprint density at radius 2 is 0.487 bits per heavy atom. The van der Waals surface area contributed by atoms with Gasteiger partial charge < -0.3 is 42.6 Å². The van der Waals surface area contributed by atoms with Gasteiger partial charge in [0.1, 0.15) is 47.7 Å². The molecule has 9 aromatic rings. The number of carbonyl (C=O) groups is 6. The molecule has 0 spiro atoms. The van der Waals surface area contributed by atoms with Gasteiger partial charge in [0.15, 0.2) is 6.10 Å². The molecule has 9 aromatic carbocycles. The van der Waals surface area contributed by atoms with E-state index in [1.165, 1.54) is 18.2 Å². The quantitative estimate of drug-likeness (QED) is 0.0113. The Bertz CT molecular complexity index is 4560. The van der Waals surface area contributed by atoms with E-state index < -0.39 is 41.9 Å². The van der Waals surface area contributed by atoms with Gasteiger partial charge in [-0.3, -0.25) is 14.4 Å². The van der Waals surface area contributed by atoms with Crippen LogP contribution in [0.25, 0.3) is 51.6 Å². The molecule has 0 amide bonds. The minimum Gasteiger partial charge on any atom is -0.494 e. The second-order valence-corrected chi connectivity index (χ2v) is 28.3. The average Bonchev–Trinajstić information content (AvgIpc) is 0.856. The predicted octanol–water partition coefficient (Wildman–Crippen LogP) is 22.1. The van der Waals surface area contributed by atoms with Gasteiger partial charge in [0.25, 0.3) is 0 Å². The standard InChI is InChI=1S/C99H101N3O15/c100-70-78-25-40-81(41-26-78)84-46-58-90(59-47-84)114-97(106)64-37-75-31-52-87(53-32-75)109-67-19-13-7-1-4-10-16-22-94(103)112-73-93(117-96(105)24-18-12-6-3-9-15-21-69-111-89-56-35-77(36-57-89)39-66-99(108)116-92-62-50-86(51-63-92)83-44-29-80(72-102)30-45-83)74-113-95(104)23-17-11-5-2-8-14-20-68-110-88-54-33-76(34-55-88)38-65-98(107)115-91-60-48-85(49-61-91)82-42-27-79(71-101)28-43-82/h25-66,93H,1-24,67-69,73-74H2. The van der Waals surface area contributed by atoms with Crippen molar-refractivity contribution in [2.24, 2.45) is 0 Å². The highest BCUT2D eigenvalue weighted by Gasteiger charge is 2.20. The zero-order chi connectivity index (χ0) is 82.1. The van der Waals surface area contributed by atoms with Crippen LogP contribution in [0.1, 0.15) is 187 Å². The summed E-state index contributed by atoms with van der Waals surface area (Å²) in [5, 5.41) is 27.2. The smallest absolute Gasteiger partial charge is 0.336 e. The van der Waals surface area contributed by atoms with Crippen LogP contribution in [0.15, 0.2) is 237 Å². The maximum atomic E-state index is 13.2. The van der Waals surface area contributed by atoms with Crippen molar-refractivity contribution < 1.29 is 71.4 Å². The normalized spacial score (nSPS) is 11.3. The summed E-state index contributed by atoms with van der Waals surface area (Å²) in [7, 11) is 0. The molecular weight excluding hydrogens is 1470 g/mol. The zero-order valence-corrected chi connectivity index (χ0v) is 66.3. The Morgan fingerprint density at radius 1 is 0.265 bits per heavy atom. The molecule has 0 N–H and O–H groups in total. The highest BCUT2D eigenvalue weighted by molar-refractivity contribution is 5.90. The Hall–Kier alpha value is -13.1. The van der Waals surface area contributed by atoms with Gasteiger partial charge in [-0.05, 0) is 216 Å². The highest BCUT2D eigenvalue weighted by Crippen LogP contribution is 2.28. The van der Waals surface area contributed by atoms with E-state index in [9.17, 15) is 28.8 Å². The molecule has 0 aromatic heterocycles. The molecule has 18 heteroatoms. The number of hydrogen-bond acceptors (Lipinski definition) is 18. The summed E-state index contributed by atoms with van der Waals surface area (Å²) >= 11 is 0. The average molecular weight is 1570 g/mol. The van der Waals surface area contributed by atoms with E-state index in [-0.39, 0.29) is 32.5 Å². The van der Waals surface area contributed by atoms with E-state index in [2.05, 4.69) is 18.2 Å². The van der Waals surface area contributed by atoms with Gasteiger partial charge >= 0.3 is 35.8 Å². The van der Waals surface area contributed by atoms with Gasteiger partial charge in [0.2, 0.25) is 0 Å². The molecule has 117 heavy (non-hydrogen) atoms. The molecule has 0 saturated carbocycles. The van der Waals surface area contributed by atoms with E-state index in [4.69, 9.17) is 58.4 Å². The lowest BCUT2D eigenvalue weighted by Crippen LogP contribution is -2.30. The third kappa shape index (κ3) is 34.2. The zero-order valence-electron chi connectivity index (χ0n) is 66.3. The first-order valence-corrected chi connectivity index (χ1v) is 40.5. The summed E-state index contributed by atoms with van der Waals surface area (Å²) < 4.78 is 51.4. The summed E-state index contributed by atoms with van der Waals surface area (Å²) in [6.07, 6.45) is 28.2. The van der Waals surface area contributed by atoms with E-state index in [0.29, 0.717) is 73.0 Å². The largest absolute Gasteiger partial charge is 0.494 e. The molecule has 602 valence electrons. The number of hydrogen-bond donors (Lipinski definition) is 0. The molecule has 0 unspecified atom stereocenters. The molecule has 0 aliphatic carbocycles. The third-order valence-corrected chi connectivity index (χ3v) is 19.2. The highest BCUT2D eigenvalue weighted by atomic mass is 16.6. The number of ether oxygens (including phenoxy) is 9. The molecule has 18 nitrogen and oxygen atoms in total. The Labute approximate surface area is 686 Å². The molecule has 0 heterocycles. The minimum atomic E-state index is -0.927. The van der Waals surface area contributed by atoms with E-state index >= 15 is 0 Å². The Kier molecular flexibility index (Phi) is 38.2. The Morgan fingerprint density at radius 3 is 0.744 bits per heavy atom. The number of nitriles is 3. The first-order chi connectivity index (χ1) is 57.3. The number of benzene rings is 9. The first kappa shape index (κ1) is 87.8. The van der Waals surface area contributed by atoms with Crippen LogP contribution in [-0.2, 0) is 43.0 Å². The SMILES string of the molecule is N#Cc1ccc(-c2ccc(OC(=O)C=Cc3ccc(OCCCCCCCCCC(=O)OCC(COC(=O)CCCCCCCCCOc4ccc(C=CC(=O)Oc5ccc(-c6ccc(C#N)cc6)cc5)cc4)OC(=O)CCCCCCCCCOc4ccc(C=CC(=O)Oc5ccc(-c6ccc(C#N)cc6)cc5)cc4)cc3)cc2)cc1. The summed E-state index contributed by atoms with van der Waals surface area (Å²) in [4.78, 5) is 76.7. The molecule has 9 rings (SSSR count). The number of unbranched alkanes of at least 4 members (excludes halogenated alkanes) is 18. The lowest BCUT2D eigenvalue weighted by Gasteiger charge is -2.18. The summed E-state index contributed by atoms with van der Waals surface area (Å²) in [6, 6.07) is 72.3. The number of nitrogens with zero attached hydrogens (tertiary/aromatic N) is 3.